The molecule has 1 unspecified atom stereocenters. The van der Waals surface area contributed by atoms with Crippen LogP contribution in [0.3, 0.4) is 0 Å². The van der Waals surface area contributed by atoms with Gasteiger partial charge in [0.1, 0.15) is 0 Å². The van der Waals surface area contributed by atoms with Crippen molar-refractivity contribution in [2.24, 2.45) is 0 Å². The summed E-state index contributed by atoms with van der Waals surface area (Å²) in [7, 11) is 0. The smallest absolute Gasteiger partial charge is 0.269 e. The van der Waals surface area contributed by atoms with E-state index in [1.54, 1.807) is 12.1 Å². The van der Waals surface area contributed by atoms with Crippen molar-refractivity contribution in [3.05, 3.63) is 39.9 Å². The van der Waals surface area contributed by atoms with E-state index in [1.165, 1.54) is 12.1 Å². The fourth-order valence-electron chi connectivity index (χ4n) is 2.88. The Bertz CT molecular complexity index is 535. The molecule has 112 valence electrons. The molecule has 1 aromatic carbocycles. The molecule has 0 radical (unpaired) electrons. The number of non-ortho nitro benzene ring substituents is 1. The van der Waals surface area contributed by atoms with Crippen LogP contribution in [0, 0.1) is 21.4 Å². The van der Waals surface area contributed by atoms with Crippen molar-refractivity contribution in [2.45, 2.75) is 37.8 Å². The lowest BCUT2D eigenvalue weighted by Gasteiger charge is -2.28. The summed E-state index contributed by atoms with van der Waals surface area (Å²) in [5.41, 5.74) is 0.490. The van der Waals surface area contributed by atoms with Crippen LogP contribution in [0.4, 0.5) is 5.69 Å². The number of nitrogens with zero attached hydrogens (tertiary/aromatic N) is 3. The van der Waals surface area contributed by atoms with E-state index < -0.39 is 11.0 Å². The van der Waals surface area contributed by atoms with Gasteiger partial charge in [0.15, 0.2) is 0 Å². The van der Waals surface area contributed by atoms with Gasteiger partial charge in [-0.25, -0.2) is 0 Å². The maximum Gasteiger partial charge on any atom is 0.269 e. The first-order valence-electron chi connectivity index (χ1n) is 7.15. The van der Waals surface area contributed by atoms with Gasteiger partial charge in [-0.15, -0.1) is 0 Å². The lowest BCUT2D eigenvalue weighted by molar-refractivity contribution is -0.385. The monoisotopic (exact) mass is 289 g/mol. The average molecular weight is 289 g/mol. The van der Waals surface area contributed by atoms with Crippen LogP contribution < -0.4 is 0 Å². The van der Waals surface area contributed by atoms with E-state index >= 15 is 0 Å². The van der Waals surface area contributed by atoms with E-state index in [0.29, 0.717) is 18.2 Å². The number of nitro groups is 1. The standard InChI is InChI=1S/C15H19N3O3/c16-8-9-17(13-5-1-2-6-13)11-15(19)12-4-3-7-14(10-12)18(20)21/h3-4,7,10,13,15,19H,1-2,5-6,9,11H2. The van der Waals surface area contributed by atoms with Crippen LogP contribution in [-0.4, -0.2) is 34.1 Å². The molecule has 0 heterocycles. The van der Waals surface area contributed by atoms with Crippen LogP contribution in [0.2, 0.25) is 0 Å². The number of benzene rings is 1. The molecule has 2 rings (SSSR count). The molecule has 21 heavy (non-hydrogen) atoms. The number of nitro benzene ring substituents is 1. The third kappa shape index (κ3) is 4.00. The molecule has 0 bridgehead atoms. The molecule has 1 atom stereocenters. The van der Waals surface area contributed by atoms with Crippen molar-refractivity contribution in [3.63, 3.8) is 0 Å². The number of hydrogen-bond donors (Lipinski definition) is 1. The topological polar surface area (TPSA) is 90.4 Å². The molecule has 0 spiro atoms. The molecule has 1 N–H and O–H groups in total. The minimum Gasteiger partial charge on any atom is -0.387 e. The summed E-state index contributed by atoms with van der Waals surface area (Å²) in [5.74, 6) is 0. The fourth-order valence-corrected chi connectivity index (χ4v) is 2.88. The zero-order valence-corrected chi connectivity index (χ0v) is 11.8. The van der Waals surface area contributed by atoms with Gasteiger partial charge in [-0.05, 0) is 18.4 Å². The maximum absolute atomic E-state index is 10.8. The van der Waals surface area contributed by atoms with Gasteiger partial charge in [0, 0.05) is 24.7 Å². The maximum atomic E-state index is 10.8. The molecule has 1 aliphatic rings. The van der Waals surface area contributed by atoms with Crippen LogP contribution in [0.25, 0.3) is 0 Å². The Hall–Kier alpha value is -1.97. The third-order valence-electron chi connectivity index (χ3n) is 3.99. The van der Waals surface area contributed by atoms with Gasteiger partial charge in [0.05, 0.1) is 23.6 Å². The normalized spacial score (nSPS) is 16.8. The number of rotatable bonds is 6. The van der Waals surface area contributed by atoms with Crippen LogP contribution in [-0.2, 0) is 0 Å². The van der Waals surface area contributed by atoms with Crippen LogP contribution in [0.5, 0.6) is 0 Å². The van der Waals surface area contributed by atoms with Gasteiger partial charge >= 0.3 is 0 Å². The summed E-state index contributed by atoms with van der Waals surface area (Å²) in [6.07, 6.45) is 3.57. The third-order valence-corrected chi connectivity index (χ3v) is 3.99. The quantitative estimate of drug-likeness (QED) is 0.493. The largest absolute Gasteiger partial charge is 0.387 e. The first-order chi connectivity index (χ1) is 10.1. The molecular weight excluding hydrogens is 270 g/mol. The molecule has 6 heteroatoms. The lowest BCUT2D eigenvalue weighted by atomic mass is 10.1. The van der Waals surface area contributed by atoms with Crippen LogP contribution >= 0.6 is 0 Å². The Morgan fingerprint density at radius 3 is 2.81 bits per heavy atom. The number of nitriles is 1. The molecule has 1 aliphatic carbocycles. The minimum atomic E-state index is -0.821. The minimum absolute atomic E-state index is 0.0285. The van der Waals surface area contributed by atoms with Gasteiger partial charge in [-0.2, -0.15) is 5.26 Å². The molecule has 1 saturated carbocycles. The van der Waals surface area contributed by atoms with E-state index in [2.05, 4.69) is 6.07 Å². The Morgan fingerprint density at radius 1 is 1.48 bits per heavy atom. The van der Waals surface area contributed by atoms with E-state index in [1.807, 2.05) is 4.90 Å². The lowest BCUT2D eigenvalue weighted by Crippen LogP contribution is -2.37. The summed E-state index contributed by atoms with van der Waals surface area (Å²) in [4.78, 5) is 12.3. The van der Waals surface area contributed by atoms with Gasteiger partial charge in [-0.3, -0.25) is 15.0 Å². The summed E-state index contributed by atoms with van der Waals surface area (Å²) in [5, 5.41) is 30.0. The Balaban J connectivity index is 2.07. The SMILES string of the molecule is N#CCN(CC(O)c1cccc([N+](=O)[O-])c1)C1CCCC1. The van der Waals surface area contributed by atoms with Crippen molar-refractivity contribution < 1.29 is 10.0 Å². The second kappa shape index (κ2) is 7.16. The predicted octanol–water partition coefficient (Wildman–Crippen LogP) is 2.40. The zero-order chi connectivity index (χ0) is 15.2. The number of hydrogen-bond acceptors (Lipinski definition) is 5. The van der Waals surface area contributed by atoms with Crippen molar-refractivity contribution in [1.29, 1.82) is 5.26 Å². The molecule has 6 nitrogen and oxygen atoms in total. The van der Waals surface area contributed by atoms with E-state index in [9.17, 15) is 15.2 Å². The van der Waals surface area contributed by atoms with Gasteiger partial charge in [0.2, 0.25) is 0 Å². The molecule has 1 aromatic rings. The molecule has 0 aliphatic heterocycles. The summed E-state index contributed by atoms with van der Waals surface area (Å²) in [6, 6.07) is 8.51. The fraction of sp³-hybridized carbons (Fsp3) is 0.533. The molecule has 0 saturated heterocycles. The zero-order valence-electron chi connectivity index (χ0n) is 11.8. The molecular formula is C15H19N3O3. The average Bonchev–Trinajstić information content (AvgIpc) is 3.01. The molecule has 0 aromatic heterocycles. The van der Waals surface area contributed by atoms with Gasteiger partial charge in [0.25, 0.3) is 5.69 Å². The highest BCUT2D eigenvalue weighted by molar-refractivity contribution is 5.35. The summed E-state index contributed by atoms with van der Waals surface area (Å²) in [6.45, 7) is 0.607. The van der Waals surface area contributed by atoms with Crippen molar-refractivity contribution in [2.75, 3.05) is 13.1 Å². The van der Waals surface area contributed by atoms with Gasteiger partial charge in [-0.1, -0.05) is 25.0 Å². The highest BCUT2D eigenvalue weighted by Crippen LogP contribution is 2.26. The van der Waals surface area contributed by atoms with E-state index in [4.69, 9.17) is 5.26 Å². The van der Waals surface area contributed by atoms with Crippen LogP contribution in [0.1, 0.15) is 37.4 Å². The summed E-state index contributed by atoms with van der Waals surface area (Å²) < 4.78 is 0. The first-order valence-corrected chi connectivity index (χ1v) is 7.15. The highest BCUT2D eigenvalue weighted by Gasteiger charge is 2.25. The van der Waals surface area contributed by atoms with Crippen molar-refractivity contribution in [3.8, 4) is 6.07 Å². The Kier molecular flexibility index (Phi) is 5.26. The van der Waals surface area contributed by atoms with Gasteiger partial charge < -0.3 is 5.11 Å². The Morgan fingerprint density at radius 2 is 2.19 bits per heavy atom. The van der Waals surface area contributed by atoms with E-state index in [-0.39, 0.29) is 12.2 Å². The first kappa shape index (κ1) is 15.4. The molecule has 1 fully saturated rings. The van der Waals surface area contributed by atoms with Crippen molar-refractivity contribution in [1.82, 2.24) is 4.90 Å². The number of aliphatic hydroxyl groups is 1. The predicted molar refractivity (Wildman–Crippen MR) is 77.5 cm³/mol. The van der Waals surface area contributed by atoms with Crippen LogP contribution in [0.15, 0.2) is 24.3 Å². The summed E-state index contributed by atoms with van der Waals surface area (Å²) >= 11 is 0. The van der Waals surface area contributed by atoms with E-state index in [0.717, 1.165) is 25.7 Å². The Labute approximate surface area is 123 Å². The molecule has 0 amide bonds. The second-order valence-electron chi connectivity index (χ2n) is 5.39. The highest BCUT2D eigenvalue weighted by atomic mass is 16.6. The number of aliphatic hydroxyl groups excluding tert-OH is 1. The van der Waals surface area contributed by atoms with Crippen molar-refractivity contribution >= 4 is 5.69 Å². The second-order valence-corrected chi connectivity index (χ2v) is 5.39.